The molecule has 0 amide bonds. The molecular weight excluding hydrogens is 260 g/mol. The van der Waals surface area contributed by atoms with Crippen molar-refractivity contribution in [3.63, 3.8) is 0 Å². The summed E-state index contributed by atoms with van der Waals surface area (Å²) < 4.78 is 4.70. The number of hydrogen-bond donors (Lipinski definition) is 1. The maximum absolute atomic E-state index is 11.4. The Labute approximate surface area is 118 Å². The summed E-state index contributed by atoms with van der Waals surface area (Å²) >= 11 is 1.38. The summed E-state index contributed by atoms with van der Waals surface area (Å²) in [6, 6.07) is 0.469. The van der Waals surface area contributed by atoms with Gasteiger partial charge >= 0.3 is 5.97 Å². The van der Waals surface area contributed by atoms with Gasteiger partial charge in [0.05, 0.1) is 13.3 Å². The number of aromatic nitrogens is 1. The molecule has 19 heavy (non-hydrogen) atoms. The highest BCUT2D eigenvalue weighted by atomic mass is 32.1. The van der Waals surface area contributed by atoms with E-state index in [2.05, 4.69) is 17.2 Å². The second kappa shape index (κ2) is 6.89. The molecule has 0 spiro atoms. The molecule has 0 radical (unpaired) electrons. The Morgan fingerprint density at radius 3 is 2.89 bits per heavy atom. The number of thiazole rings is 1. The fourth-order valence-electron chi connectivity index (χ4n) is 2.78. The lowest BCUT2D eigenvalue weighted by Gasteiger charge is -2.30. The van der Waals surface area contributed by atoms with Crippen molar-refractivity contribution >= 4 is 22.4 Å². The van der Waals surface area contributed by atoms with Crippen LogP contribution >= 0.6 is 11.3 Å². The standard InChI is InChI=1S/C14H22N2O2S/c1-3-11(10-7-5-4-6-8-10)16-14-15-9-12(19-14)13(17)18-2/h9-11H,3-8H2,1-2H3,(H,15,16). The zero-order valence-corrected chi connectivity index (χ0v) is 12.5. The zero-order chi connectivity index (χ0) is 13.7. The minimum atomic E-state index is -0.309. The van der Waals surface area contributed by atoms with Crippen LogP contribution in [0.2, 0.25) is 0 Å². The molecular formula is C14H22N2O2S. The van der Waals surface area contributed by atoms with Crippen molar-refractivity contribution in [1.29, 1.82) is 0 Å². The van der Waals surface area contributed by atoms with Gasteiger partial charge in [-0.1, -0.05) is 37.5 Å². The first-order valence-electron chi connectivity index (χ1n) is 7.05. The van der Waals surface area contributed by atoms with Crippen molar-refractivity contribution in [1.82, 2.24) is 4.98 Å². The van der Waals surface area contributed by atoms with Gasteiger partial charge in [-0.2, -0.15) is 0 Å². The van der Waals surface area contributed by atoms with Gasteiger partial charge in [-0.15, -0.1) is 0 Å². The minimum Gasteiger partial charge on any atom is -0.465 e. The number of nitrogens with one attached hydrogen (secondary N) is 1. The third-order valence-electron chi connectivity index (χ3n) is 3.86. The summed E-state index contributed by atoms with van der Waals surface area (Å²) in [6.07, 6.45) is 9.35. The van der Waals surface area contributed by atoms with E-state index in [0.29, 0.717) is 10.9 Å². The second-order valence-electron chi connectivity index (χ2n) is 5.08. The molecule has 5 heteroatoms. The summed E-state index contributed by atoms with van der Waals surface area (Å²) in [5.41, 5.74) is 0. The van der Waals surface area contributed by atoms with Gasteiger partial charge in [0.2, 0.25) is 0 Å². The first-order chi connectivity index (χ1) is 9.24. The number of carbonyl (C=O) groups is 1. The molecule has 106 valence electrons. The van der Waals surface area contributed by atoms with Crippen LogP contribution in [0.1, 0.15) is 55.1 Å². The highest BCUT2D eigenvalue weighted by molar-refractivity contribution is 7.17. The van der Waals surface area contributed by atoms with Crippen molar-refractivity contribution in [2.75, 3.05) is 12.4 Å². The minimum absolute atomic E-state index is 0.309. The summed E-state index contributed by atoms with van der Waals surface area (Å²) in [4.78, 5) is 16.2. The smallest absolute Gasteiger partial charge is 0.349 e. The molecule has 1 heterocycles. The van der Waals surface area contributed by atoms with Crippen LogP contribution in [-0.2, 0) is 4.74 Å². The lowest BCUT2D eigenvalue weighted by molar-refractivity contribution is 0.0606. The van der Waals surface area contributed by atoms with Crippen molar-refractivity contribution in [2.45, 2.75) is 51.5 Å². The topological polar surface area (TPSA) is 51.2 Å². The molecule has 0 aromatic carbocycles. The van der Waals surface area contributed by atoms with Crippen molar-refractivity contribution < 1.29 is 9.53 Å². The molecule has 0 aliphatic heterocycles. The van der Waals surface area contributed by atoms with E-state index in [-0.39, 0.29) is 5.97 Å². The lowest BCUT2D eigenvalue weighted by Crippen LogP contribution is -2.29. The maximum Gasteiger partial charge on any atom is 0.349 e. The number of hydrogen-bond acceptors (Lipinski definition) is 5. The maximum atomic E-state index is 11.4. The predicted octanol–water partition coefficient (Wildman–Crippen LogP) is 3.70. The van der Waals surface area contributed by atoms with E-state index in [1.54, 1.807) is 6.20 Å². The average Bonchev–Trinajstić information content (AvgIpc) is 2.93. The number of anilines is 1. The van der Waals surface area contributed by atoms with Gasteiger partial charge < -0.3 is 10.1 Å². The molecule has 1 aromatic heterocycles. The van der Waals surface area contributed by atoms with Crippen LogP contribution in [0.5, 0.6) is 0 Å². The van der Waals surface area contributed by atoms with Crippen LogP contribution in [0, 0.1) is 5.92 Å². The Balaban J connectivity index is 1.97. The first-order valence-corrected chi connectivity index (χ1v) is 7.87. The fourth-order valence-corrected chi connectivity index (χ4v) is 3.58. The third-order valence-corrected chi connectivity index (χ3v) is 4.77. The quantitative estimate of drug-likeness (QED) is 0.837. The Hall–Kier alpha value is -1.10. The highest BCUT2D eigenvalue weighted by Gasteiger charge is 2.23. The predicted molar refractivity (Wildman–Crippen MR) is 77.7 cm³/mol. The van der Waals surface area contributed by atoms with E-state index in [0.717, 1.165) is 17.5 Å². The van der Waals surface area contributed by atoms with Crippen molar-refractivity contribution in [3.8, 4) is 0 Å². The second-order valence-corrected chi connectivity index (χ2v) is 6.11. The number of nitrogens with zero attached hydrogens (tertiary/aromatic N) is 1. The van der Waals surface area contributed by atoms with Gasteiger partial charge in [0.25, 0.3) is 0 Å². The van der Waals surface area contributed by atoms with Gasteiger partial charge in [0, 0.05) is 6.04 Å². The average molecular weight is 282 g/mol. The summed E-state index contributed by atoms with van der Waals surface area (Å²) in [7, 11) is 1.39. The number of rotatable bonds is 5. The van der Waals surface area contributed by atoms with Crippen LogP contribution < -0.4 is 5.32 Å². The van der Waals surface area contributed by atoms with Gasteiger partial charge in [0.1, 0.15) is 4.88 Å². The molecule has 1 aliphatic carbocycles. The molecule has 0 bridgehead atoms. The van der Waals surface area contributed by atoms with E-state index >= 15 is 0 Å². The summed E-state index contributed by atoms with van der Waals surface area (Å²) in [5.74, 6) is 0.431. The Morgan fingerprint density at radius 2 is 2.26 bits per heavy atom. The van der Waals surface area contributed by atoms with E-state index in [1.165, 1.54) is 50.6 Å². The van der Waals surface area contributed by atoms with E-state index in [4.69, 9.17) is 4.74 Å². The van der Waals surface area contributed by atoms with Gasteiger partial charge in [0.15, 0.2) is 5.13 Å². The largest absolute Gasteiger partial charge is 0.465 e. The van der Waals surface area contributed by atoms with Crippen molar-refractivity contribution in [3.05, 3.63) is 11.1 Å². The monoisotopic (exact) mass is 282 g/mol. The van der Waals surface area contributed by atoms with Gasteiger partial charge in [-0.05, 0) is 25.2 Å². The fraction of sp³-hybridized carbons (Fsp3) is 0.714. The van der Waals surface area contributed by atoms with Crippen molar-refractivity contribution in [2.24, 2.45) is 5.92 Å². The molecule has 4 nitrogen and oxygen atoms in total. The molecule has 1 N–H and O–H groups in total. The Morgan fingerprint density at radius 1 is 1.53 bits per heavy atom. The van der Waals surface area contributed by atoms with Crippen LogP contribution in [0.25, 0.3) is 0 Å². The molecule has 1 fully saturated rings. The zero-order valence-electron chi connectivity index (χ0n) is 11.6. The van der Waals surface area contributed by atoms with Gasteiger partial charge in [-0.25, -0.2) is 9.78 Å². The highest BCUT2D eigenvalue weighted by Crippen LogP contribution is 2.30. The normalized spacial score (nSPS) is 18.0. The van der Waals surface area contributed by atoms with Crippen LogP contribution in [0.3, 0.4) is 0 Å². The Kier molecular flexibility index (Phi) is 5.19. The number of methoxy groups -OCH3 is 1. The number of ether oxygens (including phenoxy) is 1. The molecule has 1 aliphatic rings. The lowest BCUT2D eigenvalue weighted by atomic mass is 9.83. The molecule has 1 saturated carbocycles. The first kappa shape index (κ1) is 14.3. The van der Waals surface area contributed by atoms with Crippen LogP contribution in [-0.4, -0.2) is 24.1 Å². The Bertz CT molecular complexity index is 413. The molecule has 1 aromatic rings. The molecule has 1 atom stereocenters. The molecule has 2 rings (SSSR count). The van der Waals surface area contributed by atoms with Crippen LogP contribution in [0.15, 0.2) is 6.20 Å². The van der Waals surface area contributed by atoms with E-state index < -0.39 is 0 Å². The number of esters is 1. The SMILES string of the molecule is CCC(Nc1ncc(C(=O)OC)s1)C1CCCCC1. The third kappa shape index (κ3) is 3.69. The molecule has 0 saturated heterocycles. The van der Waals surface area contributed by atoms with E-state index in [9.17, 15) is 4.79 Å². The van der Waals surface area contributed by atoms with Gasteiger partial charge in [-0.3, -0.25) is 0 Å². The van der Waals surface area contributed by atoms with E-state index in [1.807, 2.05) is 0 Å². The summed E-state index contributed by atoms with van der Waals surface area (Å²) in [6.45, 7) is 2.21. The summed E-state index contributed by atoms with van der Waals surface area (Å²) in [5, 5.41) is 4.33. The number of carbonyl (C=O) groups excluding carboxylic acids is 1. The molecule has 1 unspecified atom stereocenters. The van der Waals surface area contributed by atoms with Crippen LogP contribution in [0.4, 0.5) is 5.13 Å².